The molecule has 0 spiro atoms. The molecule has 0 unspecified atom stereocenters. The Bertz CT molecular complexity index is 942. The van der Waals surface area contributed by atoms with Crippen LogP contribution in [-0.4, -0.2) is 41.1 Å². The van der Waals surface area contributed by atoms with Gasteiger partial charge in [-0.1, -0.05) is 13.5 Å². The molecule has 154 valence electrons. The van der Waals surface area contributed by atoms with Crippen LogP contribution in [0.5, 0.6) is 0 Å². The van der Waals surface area contributed by atoms with Crippen molar-refractivity contribution in [2.75, 3.05) is 25.0 Å². The fourth-order valence-corrected chi connectivity index (χ4v) is 4.78. The number of aromatic amines is 1. The topological polar surface area (TPSA) is 52.2 Å². The van der Waals surface area contributed by atoms with Gasteiger partial charge in [0.2, 0.25) is 5.91 Å². The zero-order valence-electron chi connectivity index (χ0n) is 17.5. The molecule has 1 aromatic carbocycles. The number of benzene rings is 1. The molecular formula is C23H29FN4O. The molecule has 29 heavy (non-hydrogen) atoms. The SMILES string of the molecule is C=C(C)N1CCC([C@@H](C)c2cn[nH]c2-c2ccc3c(c2F)CCC(=O)N3C)CC1. The van der Waals surface area contributed by atoms with Crippen LogP contribution in [0.1, 0.15) is 50.2 Å². The fourth-order valence-electron chi connectivity index (χ4n) is 4.78. The van der Waals surface area contributed by atoms with Gasteiger partial charge in [-0.25, -0.2) is 4.39 Å². The first-order chi connectivity index (χ1) is 13.9. The summed E-state index contributed by atoms with van der Waals surface area (Å²) < 4.78 is 15.4. The predicted molar refractivity (Wildman–Crippen MR) is 113 cm³/mol. The number of carbonyl (C=O) groups excluding carboxylic acids is 1. The summed E-state index contributed by atoms with van der Waals surface area (Å²) in [6.45, 7) is 10.4. The Kier molecular flexibility index (Phi) is 5.19. The molecule has 1 N–H and O–H groups in total. The van der Waals surface area contributed by atoms with Crippen molar-refractivity contribution in [3.05, 3.63) is 47.5 Å². The number of amides is 1. The lowest BCUT2D eigenvalue weighted by Crippen LogP contribution is -2.33. The standard InChI is InChI=1S/C23H29FN4O/c1-14(2)28-11-9-16(10-12-28)15(3)19-13-25-26-23(19)18-5-7-20-17(22(18)24)6-8-21(29)27(20)4/h5,7,13,15-16H,1,6,8-12H2,2-4H3,(H,25,26)/t15-/m1/s1. The van der Waals surface area contributed by atoms with E-state index in [-0.39, 0.29) is 17.6 Å². The van der Waals surface area contributed by atoms with E-state index >= 15 is 4.39 Å². The summed E-state index contributed by atoms with van der Waals surface area (Å²) in [6.07, 6.45) is 4.82. The Morgan fingerprint density at radius 3 is 2.72 bits per heavy atom. The lowest BCUT2D eigenvalue weighted by atomic mass is 9.80. The molecule has 0 saturated carbocycles. The lowest BCUT2D eigenvalue weighted by Gasteiger charge is -2.36. The quantitative estimate of drug-likeness (QED) is 0.829. The highest BCUT2D eigenvalue weighted by Crippen LogP contribution is 2.40. The van der Waals surface area contributed by atoms with Gasteiger partial charge in [-0.2, -0.15) is 5.10 Å². The molecule has 1 fully saturated rings. The number of nitrogens with one attached hydrogen (secondary N) is 1. The third-order valence-electron chi connectivity index (χ3n) is 6.76. The summed E-state index contributed by atoms with van der Waals surface area (Å²) in [4.78, 5) is 15.8. The largest absolute Gasteiger partial charge is 0.376 e. The van der Waals surface area contributed by atoms with Crippen molar-refractivity contribution >= 4 is 11.6 Å². The highest BCUT2D eigenvalue weighted by molar-refractivity contribution is 5.96. The van der Waals surface area contributed by atoms with E-state index in [4.69, 9.17) is 0 Å². The number of halogens is 1. The summed E-state index contributed by atoms with van der Waals surface area (Å²) in [7, 11) is 1.71. The van der Waals surface area contributed by atoms with Crippen molar-refractivity contribution in [2.45, 2.75) is 45.4 Å². The van der Waals surface area contributed by atoms with Gasteiger partial charge in [0.05, 0.1) is 11.9 Å². The van der Waals surface area contributed by atoms with Crippen molar-refractivity contribution in [1.29, 1.82) is 0 Å². The maximum Gasteiger partial charge on any atom is 0.227 e. The third-order valence-corrected chi connectivity index (χ3v) is 6.76. The zero-order valence-corrected chi connectivity index (χ0v) is 17.5. The second-order valence-corrected chi connectivity index (χ2v) is 8.43. The normalized spacial score (nSPS) is 18.7. The van der Waals surface area contributed by atoms with Gasteiger partial charge < -0.3 is 9.80 Å². The first-order valence-corrected chi connectivity index (χ1v) is 10.4. The van der Waals surface area contributed by atoms with Crippen molar-refractivity contribution in [2.24, 2.45) is 5.92 Å². The van der Waals surface area contributed by atoms with Crippen LogP contribution in [0.2, 0.25) is 0 Å². The van der Waals surface area contributed by atoms with Crippen LogP contribution >= 0.6 is 0 Å². The molecule has 1 amide bonds. The minimum Gasteiger partial charge on any atom is -0.376 e. The van der Waals surface area contributed by atoms with Crippen molar-refractivity contribution in [1.82, 2.24) is 15.1 Å². The van der Waals surface area contributed by atoms with Crippen molar-refractivity contribution in [3.63, 3.8) is 0 Å². The monoisotopic (exact) mass is 396 g/mol. The summed E-state index contributed by atoms with van der Waals surface area (Å²) in [5.74, 6) is 0.611. The van der Waals surface area contributed by atoms with Crippen LogP contribution in [0.4, 0.5) is 10.1 Å². The molecule has 4 rings (SSSR count). The Morgan fingerprint density at radius 1 is 1.31 bits per heavy atom. The minimum atomic E-state index is -0.239. The fraction of sp³-hybridized carbons (Fsp3) is 0.478. The van der Waals surface area contributed by atoms with Crippen LogP contribution in [0, 0.1) is 11.7 Å². The Hall–Kier alpha value is -2.63. The number of fused-ring (bicyclic) bond motifs is 1. The molecule has 1 aromatic heterocycles. The first kappa shape index (κ1) is 19.7. The number of rotatable bonds is 4. The lowest BCUT2D eigenvalue weighted by molar-refractivity contribution is -0.118. The molecular weight excluding hydrogens is 367 g/mol. The van der Waals surface area contributed by atoms with Crippen molar-refractivity contribution < 1.29 is 9.18 Å². The molecule has 2 aromatic rings. The van der Waals surface area contributed by atoms with Gasteiger partial charge >= 0.3 is 0 Å². The Morgan fingerprint density at radius 2 is 2.03 bits per heavy atom. The third kappa shape index (κ3) is 3.45. The van der Waals surface area contributed by atoms with Crippen LogP contribution in [0.3, 0.4) is 0 Å². The van der Waals surface area contributed by atoms with Gasteiger partial charge in [-0.05, 0) is 50.2 Å². The molecule has 0 radical (unpaired) electrons. The maximum atomic E-state index is 15.4. The van der Waals surface area contributed by atoms with E-state index in [1.807, 2.05) is 12.3 Å². The molecule has 3 heterocycles. The second-order valence-electron chi connectivity index (χ2n) is 8.43. The molecule has 0 aliphatic carbocycles. The van der Waals surface area contributed by atoms with Gasteiger partial charge in [0, 0.05) is 54.6 Å². The number of hydrogen-bond acceptors (Lipinski definition) is 3. The van der Waals surface area contributed by atoms with Crippen molar-refractivity contribution in [3.8, 4) is 11.3 Å². The molecule has 1 saturated heterocycles. The Balaban J connectivity index is 1.62. The second kappa shape index (κ2) is 7.65. The van der Waals surface area contributed by atoms with Gasteiger partial charge in [0.25, 0.3) is 0 Å². The highest BCUT2D eigenvalue weighted by Gasteiger charge is 2.30. The summed E-state index contributed by atoms with van der Waals surface area (Å²) in [5, 5.41) is 7.30. The van der Waals surface area contributed by atoms with E-state index in [1.54, 1.807) is 18.0 Å². The molecule has 2 aliphatic heterocycles. The predicted octanol–water partition coefficient (Wildman–Crippen LogP) is 4.47. The summed E-state index contributed by atoms with van der Waals surface area (Å²) in [6, 6.07) is 3.63. The zero-order chi connectivity index (χ0) is 20.7. The molecule has 0 bridgehead atoms. The number of piperidine rings is 1. The van der Waals surface area contributed by atoms with E-state index in [2.05, 4.69) is 35.5 Å². The van der Waals surface area contributed by atoms with Gasteiger partial charge in [0.1, 0.15) is 5.82 Å². The van der Waals surface area contributed by atoms with Crippen LogP contribution in [0.15, 0.2) is 30.6 Å². The smallest absolute Gasteiger partial charge is 0.227 e. The number of likely N-dealkylation sites (tertiary alicyclic amines) is 1. The van der Waals surface area contributed by atoms with Gasteiger partial charge in [-0.15, -0.1) is 0 Å². The first-order valence-electron chi connectivity index (χ1n) is 10.4. The van der Waals surface area contributed by atoms with E-state index in [9.17, 15) is 4.79 Å². The number of anilines is 1. The summed E-state index contributed by atoms with van der Waals surface area (Å²) in [5.41, 5.74) is 4.79. The average molecular weight is 397 g/mol. The highest BCUT2D eigenvalue weighted by atomic mass is 19.1. The van der Waals surface area contributed by atoms with E-state index in [0.29, 0.717) is 35.6 Å². The van der Waals surface area contributed by atoms with Crippen LogP contribution in [0.25, 0.3) is 11.3 Å². The number of hydrogen-bond donors (Lipinski definition) is 1. The minimum absolute atomic E-state index is 0.0293. The number of nitrogens with zero attached hydrogens (tertiary/aromatic N) is 3. The van der Waals surface area contributed by atoms with E-state index < -0.39 is 0 Å². The molecule has 5 nitrogen and oxygen atoms in total. The molecule has 2 aliphatic rings. The maximum absolute atomic E-state index is 15.4. The van der Waals surface area contributed by atoms with Gasteiger partial charge in [-0.3, -0.25) is 9.89 Å². The average Bonchev–Trinajstić information content (AvgIpc) is 3.20. The van der Waals surface area contributed by atoms with Gasteiger partial charge in [0.15, 0.2) is 0 Å². The van der Waals surface area contributed by atoms with Crippen LogP contribution < -0.4 is 4.90 Å². The Labute approximate surface area is 171 Å². The number of allylic oxidation sites excluding steroid dienone is 1. The number of H-pyrrole nitrogens is 1. The van der Waals surface area contributed by atoms with E-state index in [1.165, 1.54) is 0 Å². The molecule has 1 atom stereocenters. The van der Waals surface area contributed by atoms with E-state index in [0.717, 1.165) is 42.9 Å². The van der Waals surface area contributed by atoms with Crippen LogP contribution in [-0.2, 0) is 11.2 Å². The molecule has 6 heteroatoms. The summed E-state index contributed by atoms with van der Waals surface area (Å²) >= 11 is 0. The number of carbonyl (C=O) groups is 1. The number of aromatic nitrogens is 2.